The topological polar surface area (TPSA) is 46.4 Å². The van der Waals surface area contributed by atoms with Gasteiger partial charge in [0.1, 0.15) is 11.5 Å². The molecule has 0 aliphatic rings. The molecule has 0 spiro atoms. The number of nitrogens with zero attached hydrogens (tertiary/aromatic N) is 2. The van der Waals surface area contributed by atoms with E-state index in [1.165, 1.54) is 35.9 Å². The van der Waals surface area contributed by atoms with E-state index in [1.54, 1.807) is 11.4 Å². The normalized spacial score (nSPS) is 12.7. The maximum Gasteiger partial charge on any atom is 0.471 e. The van der Waals surface area contributed by atoms with E-state index >= 15 is 0 Å². The van der Waals surface area contributed by atoms with Gasteiger partial charge in [0, 0.05) is 6.20 Å². The molecule has 0 unspecified atom stereocenters. The van der Waals surface area contributed by atoms with E-state index in [2.05, 4.69) is 18.1 Å². The van der Waals surface area contributed by atoms with Crippen LogP contribution in [0.15, 0.2) is 55.2 Å². The molecule has 2 heterocycles. The highest BCUT2D eigenvalue weighted by molar-refractivity contribution is 5.94. The molecule has 24 heavy (non-hydrogen) atoms. The molecule has 2 aromatic heterocycles. The molecule has 0 radical (unpaired) electrons. The number of anilines is 1. The van der Waals surface area contributed by atoms with E-state index < -0.39 is 17.9 Å². The summed E-state index contributed by atoms with van der Waals surface area (Å²) in [6, 6.07) is 3.14. The second-order valence-electron chi connectivity index (χ2n) is 4.91. The Labute approximate surface area is 134 Å². The minimum absolute atomic E-state index is 0.245. The highest BCUT2D eigenvalue weighted by atomic mass is 19.4. The summed E-state index contributed by atoms with van der Waals surface area (Å²) in [7, 11) is 0. The standard InChI is InChI=1S/C16H13F4N3O/c1-4-12(9(2)10(3)17)11-5-6-14-21-13(8-23(14)7-11)22-15(24)16(18,19)20/h4-8H,1,3H2,2H3,(H,22,24)/b12-9+. The summed E-state index contributed by atoms with van der Waals surface area (Å²) in [6.45, 7) is 8.38. The Morgan fingerprint density at radius 2 is 2.00 bits per heavy atom. The smallest absolute Gasteiger partial charge is 0.304 e. The summed E-state index contributed by atoms with van der Waals surface area (Å²) in [6.07, 6.45) is -0.791. The average molecular weight is 339 g/mol. The van der Waals surface area contributed by atoms with Crippen molar-refractivity contribution >= 4 is 22.9 Å². The van der Waals surface area contributed by atoms with Crippen LogP contribution in [0, 0.1) is 0 Å². The van der Waals surface area contributed by atoms with E-state index in [1.807, 2.05) is 0 Å². The predicted molar refractivity (Wildman–Crippen MR) is 82.9 cm³/mol. The first-order valence-electron chi connectivity index (χ1n) is 6.69. The minimum atomic E-state index is -5.00. The minimum Gasteiger partial charge on any atom is -0.304 e. The molecule has 0 aliphatic carbocycles. The van der Waals surface area contributed by atoms with Gasteiger partial charge in [-0.2, -0.15) is 13.2 Å². The molecule has 1 N–H and O–H groups in total. The van der Waals surface area contributed by atoms with E-state index in [0.717, 1.165) is 0 Å². The third kappa shape index (κ3) is 3.53. The number of carbonyl (C=O) groups excluding carboxylic acids is 1. The lowest BCUT2D eigenvalue weighted by atomic mass is 10.0. The van der Waals surface area contributed by atoms with Crippen LogP contribution >= 0.6 is 0 Å². The largest absolute Gasteiger partial charge is 0.471 e. The van der Waals surface area contributed by atoms with Gasteiger partial charge in [-0.05, 0) is 35.8 Å². The number of aromatic nitrogens is 2. The molecule has 0 bridgehead atoms. The number of carbonyl (C=O) groups is 1. The van der Waals surface area contributed by atoms with Crippen LogP contribution in [-0.4, -0.2) is 21.5 Å². The van der Waals surface area contributed by atoms with Gasteiger partial charge in [0.2, 0.25) is 0 Å². The Kier molecular flexibility index (Phi) is 4.59. The number of hydrogen-bond acceptors (Lipinski definition) is 2. The summed E-state index contributed by atoms with van der Waals surface area (Å²) in [4.78, 5) is 14.8. The maximum absolute atomic E-state index is 13.3. The molecule has 0 saturated heterocycles. The first-order valence-corrected chi connectivity index (χ1v) is 6.69. The zero-order valence-electron chi connectivity index (χ0n) is 12.6. The molecular weight excluding hydrogens is 326 g/mol. The van der Waals surface area contributed by atoms with Crippen molar-refractivity contribution in [1.82, 2.24) is 9.38 Å². The molecule has 2 rings (SSSR count). The van der Waals surface area contributed by atoms with Gasteiger partial charge in [-0.1, -0.05) is 19.2 Å². The van der Waals surface area contributed by atoms with E-state index in [9.17, 15) is 22.4 Å². The highest BCUT2D eigenvalue weighted by Gasteiger charge is 2.39. The van der Waals surface area contributed by atoms with Crippen molar-refractivity contribution in [3.63, 3.8) is 0 Å². The van der Waals surface area contributed by atoms with Crippen LogP contribution < -0.4 is 5.32 Å². The fourth-order valence-corrected chi connectivity index (χ4v) is 2.03. The number of allylic oxidation sites excluding steroid dienone is 4. The number of amides is 1. The van der Waals surface area contributed by atoms with Crippen LogP contribution in [0.25, 0.3) is 11.2 Å². The molecule has 0 fully saturated rings. The van der Waals surface area contributed by atoms with Gasteiger partial charge in [-0.15, -0.1) is 0 Å². The van der Waals surface area contributed by atoms with Crippen LogP contribution in [0.5, 0.6) is 0 Å². The van der Waals surface area contributed by atoms with Crippen LogP contribution in [0.4, 0.5) is 23.4 Å². The van der Waals surface area contributed by atoms with Crippen LogP contribution in [-0.2, 0) is 4.79 Å². The summed E-state index contributed by atoms with van der Waals surface area (Å²) < 4.78 is 51.5. The van der Waals surface area contributed by atoms with Gasteiger partial charge in [0.15, 0.2) is 5.82 Å². The number of hydrogen-bond donors (Lipinski definition) is 1. The predicted octanol–water partition coefficient (Wildman–Crippen LogP) is 4.28. The molecule has 0 aromatic carbocycles. The number of fused-ring (bicyclic) bond motifs is 1. The fourth-order valence-electron chi connectivity index (χ4n) is 2.03. The van der Waals surface area contributed by atoms with E-state index in [4.69, 9.17) is 0 Å². The Morgan fingerprint density at radius 3 is 2.54 bits per heavy atom. The van der Waals surface area contributed by atoms with Crippen LogP contribution in [0.3, 0.4) is 0 Å². The third-order valence-corrected chi connectivity index (χ3v) is 3.28. The van der Waals surface area contributed by atoms with Crippen molar-refractivity contribution in [3.05, 3.63) is 60.7 Å². The lowest BCUT2D eigenvalue weighted by Gasteiger charge is -2.07. The van der Waals surface area contributed by atoms with Crippen molar-refractivity contribution < 1.29 is 22.4 Å². The third-order valence-electron chi connectivity index (χ3n) is 3.28. The van der Waals surface area contributed by atoms with Gasteiger partial charge in [0.25, 0.3) is 0 Å². The molecule has 4 nitrogen and oxygen atoms in total. The molecule has 0 saturated carbocycles. The van der Waals surface area contributed by atoms with E-state index in [-0.39, 0.29) is 11.4 Å². The van der Waals surface area contributed by atoms with Gasteiger partial charge in [0.05, 0.1) is 6.20 Å². The van der Waals surface area contributed by atoms with Crippen molar-refractivity contribution in [1.29, 1.82) is 0 Å². The Morgan fingerprint density at radius 1 is 1.33 bits per heavy atom. The van der Waals surface area contributed by atoms with Gasteiger partial charge in [-0.25, -0.2) is 9.37 Å². The Hall–Kier alpha value is -2.90. The molecule has 0 aliphatic heterocycles. The number of nitrogens with one attached hydrogen (secondary N) is 1. The summed E-state index contributed by atoms with van der Waals surface area (Å²) in [5.74, 6) is -2.97. The monoisotopic (exact) mass is 339 g/mol. The second-order valence-corrected chi connectivity index (χ2v) is 4.91. The SMILES string of the molecule is C=C/C(=C(/C)C(=C)F)c1ccc2nc(NC(=O)C(F)(F)F)cn2c1. The first kappa shape index (κ1) is 17.5. The average Bonchev–Trinajstić information content (AvgIpc) is 2.88. The zero-order chi connectivity index (χ0) is 18.1. The second kappa shape index (κ2) is 6.31. The lowest BCUT2D eigenvalue weighted by Crippen LogP contribution is -2.30. The van der Waals surface area contributed by atoms with E-state index in [0.29, 0.717) is 16.8 Å². The highest BCUT2D eigenvalue weighted by Crippen LogP contribution is 2.25. The molecule has 8 heteroatoms. The van der Waals surface area contributed by atoms with Crippen molar-refractivity contribution in [3.8, 4) is 0 Å². The zero-order valence-corrected chi connectivity index (χ0v) is 12.6. The molecular formula is C16H13F4N3O. The molecule has 126 valence electrons. The Bertz CT molecular complexity index is 862. The molecule has 0 atom stereocenters. The number of halogens is 4. The quantitative estimate of drug-likeness (QED) is 0.668. The summed E-state index contributed by atoms with van der Waals surface area (Å²) in [5.41, 5.74) is 1.66. The number of pyridine rings is 1. The lowest BCUT2D eigenvalue weighted by molar-refractivity contribution is -0.167. The van der Waals surface area contributed by atoms with Crippen LogP contribution in [0.2, 0.25) is 0 Å². The van der Waals surface area contributed by atoms with Gasteiger partial charge in [-0.3, -0.25) is 4.79 Å². The molecule has 2 aromatic rings. The number of rotatable bonds is 4. The summed E-state index contributed by atoms with van der Waals surface area (Å²) >= 11 is 0. The van der Waals surface area contributed by atoms with Crippen molar-refractivity contribution in [2.24, 2.45) is 0 Å². The van der Waals surface area contributed by atoms with Crippen LogP contribution in [0.1, 0.15) is 12.5 Å². The van der Waals surface area contributed by atoms with Crippen molar-refractivity contribution in [2.45, 2.75) is 13.1 Å². The fraction of sp³-hybridized carbons (Fsp3) is 0.125. The molecule has 1 amide bonds. The summed E-state index contributed by atoms with van der Waals surface area (Å²) in [5, 5.41) is 1.67. The number of alkyl halides is 3. The van der Waals surface area contributed by atoms with Crippen molar-refractivity contribution in [2.75, 3.05) is 5.32 Å². The maximum atomic E-state index is 13.3. The Balaban J connectivity index is 2.42. The van der Waals surface area contributed by atoms with Gasteiger partial charge >= 0.3 is 12.1 Å². The van der Waals surface area contributed by atoms with Gasteiger partial charge < -0.3 is 9.72 Å². The first-order chi connectivity index (χ1) is 11.1. The number of imidazole rings is 1.